The fourth-order valence-electron chi connectivity index (χ4n) is 2.13. The fourth-order valence-corrected chi connectivity index (χ4v) is 2.13. The van der Waals surface area contributed by atoms with Crippen molar-refractivity contribution in [1.82, 2.24) is 0 Å². The second kappa shape index (κ2) is 4.70. The van der Waals surface area contributed by atoms with E-state index in [-0.39, 0.29) is 11.5 Å². The zero-order valence-electron chi connectivity index (χ0n) is 9.88. The van der Waals surface area contributed by atoms with Gasteiger partial charge in [-0.1, -0.05) is 6.07 Å². The molecular weight excluding hydrogens is 224 g/mol. The van der Waals surface area contributed by atoms with Crippen molar-refractivity contribution in [1.29, 1.82) is 0 Å². The molecule has 2 N–H and O–H groups in total. The number of rotatable bonds is 4. The molecule has 4 heteroatoms. The first-order chi connectivity index (χ1) is 8.03. The minimum absolute atomic E-state index is 0.109. The van der Waals surface area contributed by atoms with E-state index < -0.39 is 11.6 Å². The van der Waals surface area contributed by atoms with E-state index in [1.807, 2.05) is 6.92 Å². The van der Waals surface area contributed by atoms with Gasteiger partial charge in [-0.3, -0.25) is 0 Å². The van der Waals surface area contributed by atoms with Gasteiger partial charge in [-0.2, -0.15) is 0 Å². The van der Waals surface area contributed by atoms with Crippen LogP contribution in [0.4, 0.5) is 8.78 Å². The average molecular weight is 241 g/mol. The summed E-state index contributed by atoms with van der Waals surface area (Å²) in [5.74, 6) is -1.61. The molecule has 17 heavy (non-hydrogen) atoms. The highest BCUT2D eigenvalue weighted by molar-refractivity contribution is 5.29. The molecule has 1 aromatic carbocycles. The molecule has 0 bridgehead atoms. The van der Waals surface area contributed by atoms with Crippen LogP contribution in [0.25, 0.3) is 0 Å². The maximum Gasteiger partial charge on any atom is 0.159 e. The second-order valence-corrected chi connectivity index (χ2v) is 4.92. The van der Waals surface area contributed by atoms with Crippen molar-refractivity contribution < 1.29 is 13.5 Å². The van der Waals surface area contributed by atoms with Crippen LogP contribution in [0, 0.1) is 11.6 Å². The van der Waals surface area contributed by atoms with E-state index >= 15 is 0 Å². The summed E-state index contributed by atoms with van der Waals surface area (Å²) in [6.07, 6.45) is 1.69. The molecule has 1 saturated heterocycles. The predicted molar refractivity (Wildman–Crippen MR) is 61.7 cm³/mol. The molecule has 0 saturated carbocycles. The number of nitrogens with two attached hydrogens (primary N) is 1. The van der Waals surface area contributed by atoms with Gasteiger partial charge in [0.25, 0.3) is 0 Å². The van der Waals surface area contributed by atoms with E-state index in [4.69, 9.17) is 10.5 Å². The standard InChI is InChI=1S/C13H17F2NO/c1-9(16)4-5-13(7-17-8-13)10-2-3-11(14)12(15)6-10/h2-3,6,9H,4-5,7-8,16H2,1H3. The third kappa shape index (κ3) is 2.48. The molecule has 1 aromatic rings. The average Bonchev–Trinajstić information content (AvgIpc) is 2.21. The van der Waals surface area contributed by atoms with E-state index in [1.165, 1.54) is 12.1 Å². The van der Waals surface area contributed by atoms with Crippen molar-refractivity contribution in [2.75, 3.05) is 13.2 Å². The molecule has 1 unspecified atom stereocenters. The normalized spacial score (nSPS) is 19.8. The number of ether oxygens (including phenoxy) is 1. The fraction of sp³-hybridized carbons (Fsp3) is 0.538. The van der Waals surface area contributed by atoms with Crippen LogP contribution in [-0.4, -0.2) is 19.3 Å². The molecule has 0 amide bonds. The SMILES string of the molecule is CC(N)CCC1(c2ccc(F)c(F)c2)COC1. The number of benzene rings is 1. The van der Waals surface area contributed by atoms with Crippen LogP contribution in [0.1, 0.15) is 25.3 Å². The Balaban J connectivity index is 2.19. The highest BCUT2D eigenvalue weighted by atomic mass is 19.2. The Morgan fingerprint density at radius 3 is 2.53 bits per heavy atom. The number of halogens is 2. The largest absolute Gasteiger partial charge is 0.379 e. The molecule has 0 radical (unpaired) electrons. The Morgan fingerprint density at radius 1 is 1.35 bits per heavy atom. The molecule has 1 heterocycles. The Hall–Kier alpha value is -1.00. The van der Waals surface area contributed by atoms with Gasteiger partial charge >= 0.3 is 0 Å². The van der Waals surface area contributed by atoms with Gasteiger partial charge in [0.2, 0.25) is 0 Å². The Bertz CT molecular complexity index is 402. The van der Waals surface area contributed by atoms with Gasteiger partial charge < -0.3 is 10.5 Å². The second-order valence-electron chi connectivity index (χ2n) is 4.92. The lowest BCUT2D eigenvalue weighted by atomic mass is 9.74. The van der Waals surface area contributed by atoms with Crippen molar-refractivity contribution in [3.05, 3.63) is 35.4 Å². The van der Waals surface area contributed by atoms with Crippen LogP contribution in [0.5, 0.6) is 0 Å². The van der Waals surface area contributed by atoms with Gasteiger partial charge in [-0.05, 0) is 37.5 Å². The van der Waals surface area contributed by atoms with E-state index in [9.17, 15) is 8.78 Å². The van der Waals surface area contributed by atoms with Crippen LogP contribution < -0.4 is 5.73 Å². The summed E-state index contributed by atoms with van der Waals surface area (Å²) in [5.41, 5.74) is 6.37. The molecule has 2 rings (SSSR count). The van der Waals surface area contributed by atoms with E-state index in [2.05, 4.69) is 0 Å². The third-order valence-corrected chi connectivity index (χ3v) is 3.37. The third-order valence-electron chi connectivity index (χ3n) is 3.37. The van der Waals surface area contributed by atoms with Gasteiger partial charge in [-0.25, -0.2) is 8.78 Å². The van der Waals surface area contributed by atoms with Gasteiger partial charge in [0.15, 0.2) is 11.6 Å². The smallest absolute Gasteiger partial charge is 0.159 e. The highest BCUT2D eigenvalue weighted by Crippen LogP contribution is 2.37. The molecule has 1 aliphatic heterocycles. The Kier molecular flexibility index (Phi) is 3.45. The lowest BCUT2D eigenvalue weighted by molar-refractivity contribution is -0.0658. The van der Waals surface area contributed by atoms with E-state index in [1.54, 1.807) is 6.07 Å². The molecule has 94 valence electrons. The molecule has 0 aromatic heterocycles. The van der Waals surface area contributed by atoms with Crippen LogP contribution in [-0.2, 0) is 10.2 Å². The first-order valence-corrected chi connectivity index (χ1v) is 5.82. The summed E-state index contributed by atoms with van der Waals surface area (Å²) in [6, 6.07) is 4.20. The lowest BCUT2D eigenvalue weighted by Crippen LogP contribution is -2.47. The molecule has 1 aliphatic rings. The first kappa shape index (κ1) is 12.5. The van der Waals surface area contributed by atoms with Gasteiger partial charge in [0.1, 0.15) is 0 Å². The minimum Gasteiger partial charge on any atom is -0.379 e. The van der Waals surface area contributed by atoms with Crippen LogP contribution in [0.2, 0.25) is 0 Å². The van der Waals surface area contributed by atoms with Gasteiger partial charge in [0.05, 0.1) is 13.2 Å². The zero-order valence-corrected chi connectivity index (χ0v) is 9.88. The maximum atomic E-state index is 13.2. The summed E-state index contributed by atoms with van der Waals surface area (Å²) < 4.78 is 31.4. The lowest BCUT2D eigenvalue weighted by Gasteiger charge is -2.42. The van der Waals surface area contributed by atoms with Crippen molar-refractivity contribution in [3.8, 4) is 0 Å². The monoisotopic (exact) mass is 241 g/mol. The van der Waals surface area contributed by atoms with Gasteiger partial charge in [0, 0.05) is 11.5 Å². The van der Waals surface area contributed by atoms with Crippen molar-refractivity contribution in [3.63, 3.8) is 0 Å². The molecule has 0 aliphatic carbocycles. The molecular formula is C13H17F2NO. The van der Waals surface area contributed by atoms with Crippen LogP contribution in [0.3, 0.4) is 0 Å². The summed E-state index contributed by atoms with van der Waals surface area (Å²) in [5, 5.41) is 0. The zero-order chi connectivity index (χ0) is 12.5. The topological polar surface area (TPSA) is 35.2 Å². The predicted octanol–water partition coefficient (Wildman–Crippen LogP) is 2.36. The quantitative estimate of drug-likeness (QED) is 0.878. The number of hydrogen-bond acceptors (Lipinski definition) is 2. The molecule has 1 atom stereocenters. The summed E-state index contributed by atoms with van der Waals surface area (Å²) >= 11 is 0. The maximum absolute atomic E-state index is 13.2. The molecule has 1 fully saturated rings. The molecule has 2 nitrogen and oxygen atoms in total. The van der Waals surface area contributed by atoms with Crippen molar-refractivity contribution >= 4 is 0 Å². The Morgan fingerprint density at radius 2 is 2.06 bits per heavy atom. The summed E-state index contributed by atoms with van der Waals surface area (Å²) in [6.45, 7) is 3.06. The van der Waals surface area contributed by atoms with E-state index in [0.717, 1.165) is 18.4 Å². The highest BCUT2D eigenvalue weighted by Gasteiger charge is 2.40. The van der Waals surface area contributed by atoms with E-state index in [0.29, 0.717) is 13.2 Å². The van der Waals surface area contributed by atoms with Crippen LogP contribution in [0.15, 0.2) is 18.2 Å². The summed E-state index contributed by atoms with van der Waals surface area (Å²) in [4.78, 5) is 0. The first-order valence-electron chi connectivity index (χ1n) is 5.82. The van der Waals surface area contributed by atoms with Crippen molar-refractivity contribution in [2.45, 2.75) is 31.2 Å². The van der Waals surface area contributed by atoms with Gasteiger partial charge in [-0.15, -0.1) is 0 Å². The summed E-state index contributed by atoms with van der Waals surface area (Å²) in [7, 11) is 0. The van der Waals surface area contributed by atoms with Crippen LogP contribution >= 0.6 is 0 Å². The number of hydrogen-bond donors (Lipinski definition) is 1. The molecule has 0 spiro atoms. The Labute approximate surface area is 99.8 Å². The minimum atomic E-state index is -0.809. The van der Waals surface area contributed by atoms with Crippen molar-refractivity contribution in [2.24, 2.45) is 5.73 Å².